The number of carbonyl (C=O) groups is 2. The molecule has 3 rings (SSSR count). The summed E-state index contributed by atoms with van der Waals surface area (Å²) in [4.78, 5) is 25.1. The first-order valence-electron chi connectivity index (χ1n) is 7.71. The zero-order valence-corrected chi connectivity index (χ0v) is 12.5. The van der Waals surface area contributed by atoms with Crippen molar-refractivity contribution in [1.29, 1.82) is 0 Å². The Morgan fingerprint density at radius 3 is 2.59 bits per heavy atom. The molecule has 2 heterocycles. The van der Waals surface area contributed by atoms with Gasteiger partial charge in [-0.1, -0.05) is 12.1 Å². The Morgan fingerprint density at radius 2 is 1.91 bits per heavy atom. The SMILES string of the molecule is O=C1CC[C@@H](NCc2ccc(N3CCOCC3)cc2)C(=O)N1. The third-order valence-corrected chi connectivity index (χ3v) is 4.10. The number of nitrogens with zero attached hydrogens (tertiary/aromatic N) is 1. The second-order valence-electron chi connectivity index (χ2n) is 5.65. The van der Waals surface area contributed by atoms with Crippen LogP contribution in [-0.4, -0.2) is 44.2 Å². The Labute approximate surface area is 129 Å². The molecule has 118 valence electrons. The topological polar surface area (TPSA) is 70.7 Å². The smallest absolute Gasteiger partial charge is 0.243 e. The van der Waals surface area contributed by atoms with Gasteiger partial charge in [-0.2, -0.15) is 0 Å². The van der Waals surface area contributed by atoms with Crippen LogP contribution in [0.4, 0.5) is 5.69 Å². The molecule has 2 aliphatic heterocycles. The quantitative estimate of drug-likeness (QED) is 0.789. The van der Waals surface area contributed by atoms with Crippen LogP contribution in [0, 0.1) is 0 Å². The summed E-state index contributed by atoms with van der Waals surface area (Å²) >= 11 is 0. The molecule has 1 aromatic rings. The van der Waals surface area contributed by atoms with Gasteiger partial charge in [0.1, 0.15) is 0 Å². The average Bonchev–Trinajstić information content (AvgIpc) is 2.55. The number of imide groups is 1. The van der Waals surface area contributed by atoms with Gasteiger partial charge in [-0.15, -0.1) is 0 Å². The molecule has 1 aromatic carbocycles. The van der Waals surface area contributed by atoms with Crippen LogP contribution in [0.3, 0.4) is 0 Å². The first-order chi connectivity index (χ1) is 10.7. The summed E-state index contributed by atoms with van der Waals surface area (Å²) in [6.45, 7) is 4.02. The van der Waals surface area contributed by atoms with Crippen LogP contribution in [0.1, 0.15) is 18.4 Å². The summed E-state index contributed by atoms with van der Waals surface area (Å²) < 4.78 is 5.35. The van der Waals surface area contributed by atoms with E-state index in [-0.39, 0.29) is 17.9 Å². The van der Waals surface area contributed by atoms with Gasteiger partial charge in [0, 0.05) is 31.7 Å². The van der Waals surface area contributed by atoms with Crippen LogP contribution in [0.15, 0.2) is 24.3 Å². The highest BCUT2D eigenvalue weighted by Crippen LogP contribution is 2.17. The molecule has 0 aliphatic carbocycles. The van der Waals surface area contributed by atoms with E-state index in [4.69, 9.17) is 4.74 Å². The minimum absolute atomic E-state index is 0.182. The number of morpholine rings is 1. The molecule has 2 N–H and O–H groups in total. The van der Waals surface area contributed by atoms with Gasteiger partial charge in [-0.3, -0.25) is 14.9 Å². The highest BCUT2D eigenvalue weighted by molar-refractivity contribution is 6.00. The number of rotatable bonds is 4. The van der Waals surface area contributed by atoms with Crippen molar-refractivity contribution in [3.63, 3.8) is 0 Å². The number of ether oxygens (including phenoxy) is 1. The van der Waals surface area contributed by atoms with Crippen LogP contribution in [0.25, 0.3) is 0 Å². The Kier molecular flexibility index (Phi) is 4.70. The van der Waals surface area contributed by atoms with E-state index in [9.17, 15) is 9.59 Å². The molecule has 1 atom stereocenters. The second-order valence-corrected chi connectivity index (χ2v) is 5.65. The summed E-state index contributed by atoms with van der Waals surface area (Å²) in [5.74, 6) is -0.404. The maximum absolute atomic E-state index is 11.7. The van der Waals surface area contributed by atoms with Crippen molar-refractivity contribution in [1.82, 2.24) is 10.6 Å². The van der Waals surface area contributed by atoms with E-state index in [1.807, 2.05) is 0 Å². The summed E-state index contributed by atoms with van der Waals surface area (Å²) in [7, 11) is 0. The van der Waals surface area contributed by atoms with Gasteiger partial charge in [0.05, 0.1) is 19.3 Å². The van der Waals surface area contributed by atoms with Crippen LogP contribution in [0.5, 0.6) is 0 Å². The Hall–Kier alpha value is -1.92. The van der Waals surface area contributed by atoms with Crippen molar-refractivity contribution in [2.24, 2.45) is 0 Å². The maximum Gasteiger partial charge on any atom is 0.243 e. The number of carbonyl (C=O) groups excluding carboxylic acids is 2. The first-order valence-corrected chi connectivity index (χ1v) is 7.71. The van der Waals surface area contributed by atoms with Gasteiger partial charge in [-0.05, 0) is 24.1 Å². The molecule has 2 amide bonds. The number of hydrogen-bond acceptors (Lipinski definition) is 5. The number of benzene rings is 1. The van der Waals surface area contributed by atoms with Crippen molar-refractivity contribution < 1.29 is 14.3 Å². The van der Waals surface area contributed by atoms with Gasteiger partial charge >= 0.3 is 0 Å². The number of piperidine rings is 1. The predicted octanol–water partition coefficient (Wildman–Crippen LogP) is 0.418. The normalized spacial score (nSPS) is 22.5. The van der Waals surface area contributed by atoms with E-state index in [1.165, 1.54) is 5.69 Å². The number of anilines is 1. The molecule has 6 heteroatoms. The van der Waals surface area contributed by atoms with E-state index in [0.717, 1.165) is 31.9 Å². The van der Waals surface area contributed by atoms with Crippen LogP contribution >= 0.6 is 0 Å². The lowest BCUT2D eigenvalue weighted by Crippen LogP contribution is -2.50. The van der Waals surface area contributed by atoms with E-state index in [0.29, 0.717) is 19.4 Å². The standard InChI is InChI=1S/C16H21N3O3/c20-15-6-5-14(16(21)18-15)17-11-12-1-3-13(4-2-12)19-7-9-22-10-8-19/h1-4,14,17H,5-11H2,(H,18,20,21)/t14-/m1/s1. The number of nitrogens with one attached hydrogen (secondary N) is 2. The molecule has 0 unspecified atom stereocenters. The summed E-state index contributed by atoms with van der Waals surface area (Å²) in [5.41, 5.74) is 2.33. The van der Waals surface area contributed by atoms with E-state index in [2.05, 4.69) is 39.8 Å². The lowest BCUT2D eigenvalue weighted by atomic mass is 10.1. The Morgan fingerprint density at radius 1 is 1.18 bits per heavy atom. The van der Waals surface area contributed by atoms with Crippen LogP contribution in [-0.2, 0) is 20.9 Å². The van der Waals surface area contributed by atoms with Crippen molar-refractivity contribution in [2.45, 2.75) is 25.4 Å². The zero-order chi connectivity index (χ0) is 15.4. The Bertz CT molecular complexity index is 538. The van der Waals surface area contributed by atoms with Gasteiger partial charge in [0.15, 0.2) is 0 Å². The van der Waals surface area contributed by atoms with Crippen LogP contribution < -0.4 is 15.5 Å². The summed E-state index contributed by atoms with van der Waals surface area (Å²) in [6.07, 6.45) is 0.968. The lowest BCUT2D eigenvalue weighted by molar-refractivity contribution is -0.134. The van der Waals surface area contributed by atoms with E-state index < -0.39 is 0 Å². The molecule has 6 nitrogen and oxygen atoms in total. The van der Waals surface area contributed by atoms with Gasteiger partial charge in [-0.25, -0.2) is 0 Å². The summed E-state index contributed by atoms with van der Waals surface area (Å²) in [5, 5.41) is 5.57. The van der Waals surface area contributed by atoms with Crippen molar-refractivity contribution in [3.05, 3.63) is 29.8 Å². The molecular weight excluding hydrogens is 282 g/mol. The average molecular weight is 303 g/mol. The second kappa shape index (κ2) is 6.89. The number of hydrogen-bond donors (Lipinski definition) is 2. The summed E-state index contributed by atoms with van der Waals surface area (Å²) in [6, 6.07) is 8.07. The van der Waals surface area contributed by atoms with E-state index >= 15 is 0 Å². The molecule has 0 radical (unpaired) electrons. The molecule has 0 saturated carbocycles. The largest absolute Gasteiger partial charge is 0.378 e. The molecule has 22 heavy (non-hydrogen) atoms. The molecule has 2 fully saturated rings. The fraction of sp³-hybridized carbons (Fsp3) is 0.500. The minimum atomic E-state index is -0.281. The number of amides is 2. The van der Waals surface area contributed by atoms with E-state index in [1.54, 1.807) is 0 Å². The van der Waals surface area contributed by atoms with Gasteiger partial charge in [0.25, 0.3) is 0 Å². The first kappa shape index (κ1) is 15.0. The van der Waals surface area contributed by atoms with Crippen molar-refractivity contribution in [2.75, 3.05) is 31.2 Å². The van der Waals surface area contributed by atoms with Crippen molar-refractivity contribution >= 4 is 17.5 Å². The maximum atomic E-state index is 11.7. The molecule has 0 aromatic heterocycles. The van der Waals surface area contributed by atoms with Gasteiger partial charge < -0.3 is 15.0 Å². The Balaban J connectivity index is 1.52. The monoisotopic (exact) mass is 303 g/mol. The zero-order valence-electron chi connectivity index (χ0n) is 12.5. The van der Waals surface area contributed by atoms with Crippen molar-refractivity contribution in [3.8, 4) is 0 Å². The lowest BCUT2D eigenvalue weighted by Gasteiger charge is -2.29. The molecule has 0 spiro atoms. The third kappa shape index (κ3) is 3.64. The fourth-order valence-electron chi connectivity index (χ4n) is 2.78. The third-order valence-electron chi connectivity index (χ3n) is 4.10. The molecule has 0 bridgehead atoms. The minimum Gasteiger partial charge on any atom is -0.378 e. The van der Waals surface area contributed by atoms with Gasteiger partial charge in [0.2, 0.25) is 11.8 Å². The molecular formula is C16H21N3O3. The predicted molar refractivity (Wildman–Crippen MR) is 82.5 cm³/mol. The molecule has 2 aliphatic rings. The highest BCUT2D eigenvalue weighted by atomic mass is 16.5. The highest BCUT2D eigenvalue weighted by Gasteiger charge is 2.25. The van der Waals surface area contributed by atoms with Crippen LogP contribution in [0.2, 0.25) is 0 Å². The fourth-order valence-corrected chi connectivity index (χ4v) is 2.78. The molecule has 2 saturated heterocycles.